The molecular weight excluding hydrogens is 272 g/mol. The predicted molar refractivity (Wildman–Crippen MR) is 63.2 cm³/mol. The van der Waals surface area contributed by atoms with Crippen LogP contribution in [0.15, 0.2) is 0 Å². The Kier molecular flexibility index (Phi) is 5.46. The van der Waals surface area contributed by atoms with Crippen molar-refractivity contribution < 1.29 is 38.4 Å². The molecule has 5 atom stereocenters. The van der Waals surface area contributed by atoms with Gasteiger partial charge in [0.15, 0.2) is 24.6 Å². The Hall–Kier alpha value is -1.67. The number of aliphatic hydroxyl groups excluding tert-OH is 1. The number of hydrogen-bond acceptors (Lipinski definition) is 8. The Morgan fingerprint density at radius 1 is 0.850 bits per heavy atom. The minimum absolute atomic E-state index is 0.611. The maximum atomic E-state index is 11.2. The molecule has 3 unspecified atom stereocenters. The van der Waals surface area contributed by atoms with Gasteiger partial charge in [0.1, 0.15) is 0 Å². The van der Waals surface area contributed by atoms with Gasteiger partial charge in [-0.3, -0.25) is 14.4 Å². The second-order valence-electron chi connectivity index (χ2n) is 4.45. The maximum absolute atomic E-state index is 11.2. The third-order valence-electron chi connectivity index (χ3n) is 2.65. The van der Waals surface area contributed by atoms with Crippen molar-refractivity contribution in [1.82, 2.24) is 0 Å². The van der Waals surface area contributed by atoms with E-state index in [1.165, 1.54) is 13.8 Å². The molecule has 0 spiro atoms. The Morgan fingerprint density at radius 3 is 1.70 bits per heavy atom. The lowest BCUT2D eigenvalue weighted by Gasteiger charge is -2.41. The van der Waals surface area contributed by atoms with Gasteiger partial charge < -0.3 is 24.1 Å². The molecule has 114 valence electrons. The van der Waals surface area contributed by atoms with E-state index in [0.717, 1.165) is 13.8 Å². The van der Waals surface area contributed by atoms with Crippen LogP contribution in [0, 0.1) is 0 Å². The molecule has 1 saturated heterocycles. The van der Waals surface area contributed by atoms with E-state index < -0.39 is 48.6 Å². The van der Waals surface area contributed by atoms with Gasteiger partial charge in [0, 0.05) is 20.8 Å². The van der Waals surface area contributed by atoms with Crippen LogP contribution < -0.4 is 0 Å². The highest BCUT2D eigenvalue weighted by molar-refractivity contribution is 5.68. The van der Waals surface area contributed by atoms with E-state index in [0.29, 0.717) is 0 Å². The molecule has 8 heteroatoms. The molecule has 8 nitrogen and oxygen atoms in total. The average molecular weight is 290 g/mol. The predicted octanol–water partition coefficient (Wildman–Crippen LogP) is -0.481. The zero-order valence-electron chi connectivity index (χ0n) is 11.7. The summed E-state index contributed by atoms with van der Waals surface area (Å²) in [6.07, 6.45) is -5.60. The molecule has 1 fully saturated rings. The van der Waals surface area contributed by atoms with Gasteiger partial charge >= 0.3 is 17.9 Å². The van der Waals surface area contributed by atoms with Crippen molar-refractivity contribution in [1.29, 1.82) is 0 Å². The number of rotatable bonds is 3. The molecule has 0 amide bonds. The molecule has 1 aliphatic rings. The first kappa shape index (κ1) is 16.4. The van der Waals surface area contributed by atoms with E-state index in [1.54, 1.807) is 0 Å². The number of aliphatic hydroxyl groups is 1. The summed E-state index contributed by atoms with van der Waals surface area (Å²) in [6, 6.07) is 0. The molecule has 1 rings (SSSR count). The van der Waals surface area contributed by atoms with E-state index in [1.807, 2.05) is 0 Å². The van der Waals surface area contributed by atoms with Crippen molar-refractivity contribution >= 4 is 17.9 Å². The first-order valence-electron chi connectivity index (χ1n) is 6.07. The minimum Gasteiger partial charge on any atom is -0.456 e. The number of ether oxygens (including phenoxy) is 4. The Bertz CT molecular complexity index is 365. The van der Waals surface area contributed by atoms with E-state index in [4.69, 9.17) is 18.9 Å². The second-order valence-corrected chi connectivity index (χ2v) is 4.45. The summed E-state index contributed by atoms with van der Waals surface area (Å²) in [5.74, 6) is -1.96. The number of hydrogen-bond donors (Lipinski definition) is 1. The van der Waals surface area contributed by atoms with Gasteiger partial charge in [-0.05, 0) is 6.92 Å². The van der Waals surface area contributed by atoms with E-state index in [2.05, 4.69) is 0 Å². The lowest BCUT2D eigenvalue weighted by molar-refractivity contribution is -0.288. The van der Waals surface area contributed by atoms with Crippen molar-refractivity contribution in [2.24, 2.45) is 0 Å². The molecule has 0 radical (unpaired) electrons. The van der Waals surface area contributed by atoms with Crippen LogP contribution in [0.3, 0.4) is 0 Å². The van der Waals surface area contributed by atoms with Crippen molar-refractivity contribution in [3.05, 3.63) is 0 Å². The number of carbonyl (C=O) groups excluding carboxylic acids is 3. The zero-order chi connectivity index (χ0) is 15.4. The van der Waals surface area contributed by atoms with Crippen LogP contribution in [0.2, 0.25) is 0 Å². The third kappa shape index (κ3) is 4.17. The van der Waals surface area contributed by atoms with Crippen LogP contribution in [0.25, 0.3) is 0 Å². The topological polar surface area (TPSA) is 108 Å². The van der Waals surface area contributed by atoms with Gasteiger partial charge in [0.05, 0.1) is 6.10 Å². The first-order chi connectivity index (χ1) is 9.22. The van der Waals surface area contributed by atoms with Crippen molar-refractivity contribution in [3.63, 3.8) is 0 Å². The lowest BCUT2D eigenvalue weighted by atomic mass is 9.99. The highest BCUT2D eigenvalue weighted by atomic mass is 16.7. The monoisotopic (exact) mass is 290 g/mol. The smallest absolute Gasteiger partial charge is 0.303 e. The van der Waals surface area contributed by atoms with Crippen LogP contribution in [0.5, 0.6) is 0 Å². The molecule has 0 aliphatic carbocycles. The summed E-state index contributed by atoms with van der Waals surface area (Å²) in [4.78, 5) is 33.3. The van der Waals surface area contributed by atoms with Gasteiger partial charge in [0.2, 0.25) is 0 Å². The van der Waals surface area contributed by atoms with Crippen LogP contribution in [-0.2, 0) is 33.3 Å². The van der Waals surface area contributed by atoms with E-state index in [9.17, 15) is 19.5 Å². The SMILES string of the molecule is CC(=O)OC1[C@H](OC(C)=O)C(O)OC(C)[C@@H]1OC(C)=O. The molecular formula is C12H18O8. The first-order valence-corrected chi connectivity index (χ1v) is 6.07. The Labute approximate surface area is 115 Å². The summed E-state index contributed by atoms with van der Waals surface area (Å²) in [5, 5.41) is 9.79. The maximum Gasteiger partial charge on any atom is 0.303 e. The van der Waals surface area contributed by atoms with Gasteiger partial charge in [-0.2, -0.15) is 0 Å². The molecule has 20 heavy (non-hydrogen) atoms. The summed E-state index contributed by atoms with van der Waals surface area (Å²) >= 11 is 0. The third-order valence-corrected chi connectivity index (χ3v) is 2.65. The Balaban J connectivity index is 3.01. The minimum atomic E-state index is -1.48. The van der Waals surface area contributed by atoms with Crippen molar-refractivity contribution in [3.8, 4) is 0 Å². The Morgan fingerprint density at radius 2 is 1.25 bits per heavy atom. The molecule has 0 aromatic carbocycles. The quantitative estimate of drug-likeness (QED) is 0.548. The fourth-order valence-corrected chi connectivity index (χ4v) is 1.99. The van der Waals surface area contributed by atoms with Gasteiger partial charge in [-0.15, -0.1) is 0 Å². The van der Waals surface area contributed by atoms with E-state index >= 15 is 0 Å². The molecule has 1 N–H and O–H groups in total. The zero-order valence-corrected chi connectivity index (χ0v) is 11.7. The normalized spacial score (nSPS) is 33.1. The van der Waals surface area contributed by atoms with Crippen molar-refractivity contribution in [2.45, 2.75) is 58.4 Å². The molecule has 0 aromatic heterocycles. The molecule has 0 bridgehead atoms. The van der Waals surface area contributed by atoms with Gasteiger partial charge in [-0.1, -0.05) is 0 Å². The van der Waals surface area contributed by atoms with Crippen LogP contribution in [-0.4, -0.2) is 53.7 Å². The summed E-state index contributed by atoms with van der Waals surface area (Å²) < 4.78 is 20.1. The largest absolute Gasteiger partial charge is 0.456 e. The molecule has 0 aromatic rings. The van der Waals surface area contributed by atoms with Crippen LogP contribution in [0.4, 0.5) is 0 Å². The number of esters is 3. The fraction of sp³-hybridized carbons (Fsp3) is 0.750. The summed E-state index contributed by atoms with van der Waals surface area (Å²) in [5.41, 5.74) is 0. The van der Waals surface area contributed by atoms with Gasteiger partial charge in [-0.25, -0.2) is 0 Å². The van der Waals surface area contributed by atoms with Crippen LogP contribution in [0.1, 0.15) is 27.7 Å². The molecule has 0 saturated carbocycles. The summed E-state index contributed by atoms with van der Waals surface area (Å²) in [7, 11) is 0. The summed E-state index contributed by atoms with van der Waals surface area (Å²) in [6.45, 7) is 5.01. The van der Waals surface area contributed by atoms with Crippen molar-refractivity contribution in [2.75, 3.05) is 0 Å². The fourth-order valence-electron chi connectivity index (χ4n) is 1.99. The number of carbonyl (C=O) groups is 3. The lowest BCUT2D eigenvalue weighted by Crippen LogP contribution is -2.60. The standard InChI is InChI=1S/C12H18O8/c1-5-9(18-6(2)13)10(19-7(3)14)11(12(16)17-5)20-8(4)15/h5,9-12,16H,1-4H3/t5?,9-,10?,11-,12?/m0/s1. The van der Waals surface area contributed by atoms with E-state index in [-0.39, 0.29) is 0 Å². The second kappa shape index (κ2) is 6.67. The van der Waals surface area contributed by atoms with Gasteiger partial charge in [0.25, 0.3) is 0 Å². The molecule has 1 heterocycles. The average Bonchev–Trinajstić information content (AvgIpc) is 2.27. The molecule has 1 aliphatic heterocycles. The van der Waals surface area contributed by atoms with Crippen LogP contribution >= 0.6 is 0 Å². The highest BCUT2D eigenvalue weighted by Gasteiger charge is 2.49. The highest BCUT2D eigenvalue weighted by Crippen LogP contribution is 2.27.